The van der Waals surface area contributed by atoms with Crippen molar-refractivity contribution in [2.24, 2.45) is 0 Å². The maximum absolute atomic E-state index is 5.29. The highest BCUT2D eigenvalue weighted by Gasteiger charge is 2.11. The molecule has 0 heterocycles. The third-order valence-electron chi connectivity index (χ3n) is 3.98. The lowest BCUT2D eigenvalue weighted by Gasteiger charge is -2.21. The third-order valence-corrected chi connectivity index (χ3v) is 3.98. The number of methoxy groups -OCH3 is 1. The van der Waals surface area contributed by atoms with Crippen LogP contribution in [0.3, 0.4) is 0 Å². The Morgan fingerprint density at radius 3 is 2.24 bits per heavy atom. The van der Waals surface area contributed by atoms with Crippen LogP contribution in [0.4, 0.5) is 0 Å². The summed E-state index contributed by atoms with van der Waals surface area (Å²) in [5.41, 5.74) is 3.94. The number of aryl methyl sites for hydroxylation is 1. The average Bonchev–Trinajstić information content (AvgIpc) is 2.54. The number of ether oxygens (including phenoxy) is 1. The predicted octanol–water partition coefficient (Wildman–Crippen LogP) is 4.67. The second kappa shape index (κ2) is 7.28. The van der Waals surface area contributed by atoms with Gasteiger partial charge in [-0.05, 0) is 49.1 Å². The summed E-state index contributed by atoms with van der Waals surface area (Å²) >= 11 is 0. The number of rotatable bonds is 6. The van der Waals surface area contributed by atoms with E-state index >= 15 is 0 Å². The van der Waals surface area contributed by atoms with Crippen LogP contribution in [0.5, 0.6) is 5.75 Å². The van der Waals surface area contributed by atoms with Crippen LogP contribution in [0.25, 0.3) is 0 Å². The summed E-state index contributed by atoms with van der Waals surface area (Å²) in [6.07, 6.45) is 1.09. The summed E-state index contributed by atoms with van der Waals surface area (Å²) in [6.45, 7) is 6.57. The molecule has 2 atom stereocenters. The normalized spacial score (nSPS) is 13.7. The molecule has 0 amide bonds. The molecule has 0 fully saturated rings. The first kappa shape index (κ1) is 15.6. The minimum absolute atomic E-state index is 0.279. The van der Waals surface area contributed by atoms with E-state index in [0.29, 0.717) is 6.04 Å². The van der Waals surface area contributed by atoms with Crippen molar-refractivity contribution in [3.63, 3.8) is 0 Å². The SMILES string of the molecule is CCc1ccc(C(C)N[C@@H](C)c2cccc(OC)c2)cc1. The molecule has 112 valence electrons. The van der Waals surface area contributed by atoms with Crippen LogP contribution in [-0.4, -0.2) is 7.11 Å². The molecule has 1 unspecified atom stereocenters. The van der Waals surface area contributed by atoms with Gasteiger partial charge >= 0.3 is 0 Å². The second-order valence-corrected chi connectivity index (χ2v) is 5.48. The molecule has 0 aromatic heterocycles. The highest BCUT2D eigenvalue weighted by molar-refractivity contribution is 5.31. The Kier molecular flexibility index (Phi) is 5.40. The van der Waals surface area contributed by atoms with Crippen molar-refractivity contribution < 1.29 is 4.74 Å². The molecule has 2 heteroatoms. The van der Waals surface area contributed by atoms with E-state index in [4.69, 9.17) is 4.74 Å². The molecule has 1 N–H and O–H groups in total. The van der Waals surface area contributed by atoms with Crippen LogP contribution in [0.2, 0.25) is 0 Å². The molecule has 21 heavy (non-hydrogen) atoms. The monoisotopic (exact) mass is 283 g/mol. The van der Waals surface area contributed by atoms with Gasteiger partial charge in [0, 0.05) is 12.1 Å². The largest absolute Gasteiger partial charge is 0.497 e. The van der Waals surface area contributed by atoms with Gasteiger partial charge in [-0.3, -0.25) is 0 Å². The summed E-state index contributed by atoms with van der Waals surface area (Å²) in [7, 11) is 1.70. The van der Waals surface area contributed by atoms with Crippen LogP contribution in [0.1, 0.15) is 49.5 Å². The van der Waals surface area contributed by atoms with Crippen molar-refractivity contribution in [3.8, 4) is 5.75 Å². The standard InChI is InChI=1S/C19H25NO/c1-5-16-9-11-17(12-10-16)14(2)20-15(3)18-7-6-8-19(13-18)21-4/h6-15,20H,5H2,1-4H3/t14?,15-/m0/s1. The molecule has 2 rings (SSSR count). The van der Waals surface area contributed by atoms with Crippen molar-refractivity contribution in [1.29, 1.82) is 0 Å². The summed E-state index contributed by atoms with van der Waals surface area (Å²) in [5.74, 6) is 0.904. The molecule has 0 spiro atoms. The van der Waals surface area contributed by atoms with Crippen molar-refractivity contribution in [2.45, 2.75) is 39.3 Å². The Morgan fingerprint density at radius 1 is 0.952 bits per heavy atom. The van der Waals surface area contributed by atoms with Gasteiger partial charge in [-0.25, -0.2) is 0 Å². The molecule has 0 radical (unpaired) electrons. The molecule has 0 saturated carbocycles. The van der Waals surface area contributed by atoms with Gasteiger partial charge in [0.25, 0.3) is 0 Å². The van der Waals surface area contributed by atoms with Gasteiger partial charge in [-0.15, -0.1) is 0 Å². The Hall–Kier alpha value is -1.80. The number of nitrogens with one attached hydrogen (secondary N) is 1. The van der Waals surface area contributed by atoms with Crippen LogP contribution in [0, 0.1) is 0 Å². The van der Waals surface area contributed by atoms with Gasteiger partial charge < -0.3 is 10.1 Å². The minimum atomic E-state index is 0.279. The molecule has 0 saturated heterocycles. The van der Waals surface area contributed by atoms with E-state index in [1.165, 1.54) is 16.7 Å². The Balaban J connectivity index is 2.04. The Bertz CT molecular complexity index is 562. The summed E-state index contributed by atoms with van der Waals surface area (Å²) < 4.78 is 5.29. The van der Waals surface area contributed by atoms with E-state index in [-0.39, 0.29) is 6.04 Å². The van der Waals surface area contributed by atoms with Crippen molar-refractivity contribution in [1.82, 2.24) is 5.32 Å². The van der Waals surface area contributed by atoms with E-state index in [0.717, 1.165) is 12.2 Å². The molecule has 0 aliphatic rings. The summed E-state index contributed by atoms with van der Waals surface area (Å²) in [6, 6.07) is 17.7. The lowest BCUT2D eigenvalue weighted by atomic mass is 10.0. The summed E-state index contributed by atoms with van der Waals surface area (Å²) in [4.78, 5) is 0. The lowest BCUT2D eigenvalue weighted by Crippen LogP contribution is -2.22. The molecule has 2 aromatic rings. The second-order valence-electron chi connectivity index (χ2n) is 5.48. The fraction of sp³-hybridized carbons (Fsp3) is 0.368. The highest BCUT2D eigenvalue weighted by Crippen LogP contribution is 2.22. The van der Waals surface area contributed by atoms with Crippen molar-refractivity contribution in [3.05, 3.63) is 65.2 Å². The fourth-order valence-electron chi connectivity index (χ4n) is 2.52. The van der Waals surface area contributed by atoms with Gasteiger partial charge in [-0.2, -0.15) is 0 Å². The molecule has 2 nitrogen and oxygen atoms in total. The van der Waals surface area contributed by atoms with Crippen molar-refractivity contribution in [2.75, 3.05) is 7.11 Å². The lowest BCUT2D eigenvalue weighted by molar-refractivity contribution is 0.412. The average molecular weight is 283 g/mol. The van der Waals surface area contributed by atoms with Gasteiger partial charge in [-0.1, -0.05) is 43.3 Å². The first-order chi connectivity index (χ1) is 10.1. The van der Waals surface area contributed by atoms with E-state index in [1.54, 1.807) is 7.11 Å². The Morgan fingerprint density at radius 2 is 1.62 bits per heavy atom. The number of benzene rings is 2. The van der Waals surface area contributed by atoms with Crippen molar-refractivity contribution >= 4 is 0 Å². The quantitative estimate of drug-likeness (QED) is 0.832. The Labute approximate surface area is 128 Å². The molecule has 2 aromatic carbocycles. The zero-order valence-corrected chi connectivity index (χ0v) is 13.4. The topological polar surface area (TPSA) is 21.3 Å². The van der Waals surface area contributed by atoms with Crippen LogP contribution in [0.15, 0.2) is 48.5 Å². The van der Waals surface area contributed by atoms with E-state index in [2.05, 4.69) is 62.5 Å². The highest BCUT2D eigenvalue weighted by atomic mass is 16.5. The molecule has 0 bridgehead atoms. The van der Waals surface area contributed by atoms with E-state index < -0.39 is 0 Å². The maximum atomic E-state index is 5.29. The van der Waals surface area contributed by atoms with Gasteiger partial charge in [0.05, 0.1) is 7.11 Å². The third kappa shape index (κ3) is 4.08. The van der Waals surface area contributed by atoms with Gasteiger partial charge in [0.15, 0.2) is 0 Å². The first-order valence-electron chi connectivity index (χ1n) is 7.63. The minimum Gasteiger partial charge on any atom is -0.497 e. The summed E-state index contributed by atoms with van der Waals surface area (Å²) in [5, 5.41) is 3.65. The molecule has 0 aliphatic heterocycles. The number of hydrogen-bond acceptors (Lipinski definition) is 2. The fourth-order valence-corrected chi connectivity index (χ4v) is 2.52. The maximum Gasteiger partial charge on any atom is 0.119 e. The zero-order chi connectivity index (χ0) is 15.2. The first-order valence-corrected chi connectivity index (χ1v) is 7.63. The van der Waals surface area contributed by atoms with E-state index in [1.807, 2.05) is 12.1 Å². The zero-order valence-electron chi connectivity index (χ0n) is 13.4. The van der Waals surface area contributed by atoms with Gasteiger partial charge in [0.2, 0.25) is 0 Å². The van der Waals surface area contributed by atoms with E-state index in [9.17, 15) is 0 Å². The molecular weight excluding hydrogens is 258 g/mol. The van der Waals surface area contributed by atoms with Crippen LogP contribution < -0.4 is 10.1 Å². The molecular formula is C19H25NO. The van der Waals surface area contributed by atoms with Gasteiger partial charge in [0.1, 0.15) is 5.75 Å². The number of hydrogen-bond donors (Lipinski definition) is 1. The van der Waals surface area contributed by atoms with Crippen LogP contribution >= 0.6 is 0 Å². The molecule has 0 aliphatic carbocycles. The smallest absolute Gasteiger partial charge is 0.119 e. The predicted molar refractivity (Wildman–Crippen MR) is 88.8 cm³/mol. The van der Waals surface area contributed by atoms with Crippen LogP contribution in [-0.2, 0) is 6.42 Å².